The molecule has 1 aromatic carbocycles. The van der Waals surface area contributed by atoms with Gasteiger partial charge < -0.3 is 15.2 Å². The van der Waals surface area contributed by atoms with Crippen molar-refractivity contribution in [3.63, 3.8) is 0 Å². The molecule has 28 heavy (non-hydrogen) atoms. The number of aliphatic carboxylic acids is 1. The molecule has 1 heterocycles. The van der Waals surface area contributed by atoms with E-state index in [1.165, 1.54) is 0 Å². The van der Waals surface area contributed by atoms with Crippen LogP contribution in [0.2, 0.25) is 0 Å². The standard InChI is InChI=1S/C20H24N2O6/c1-4-28-14-11-20(18(26)27,19(14,2)3)21-15(23)9-10-22-16(24)12-7-5-6-8-13(12)17(22)25/h5-8,14H,4,9-11H2,1-3H3,(H,21,23)(H,26,27). The average Bonchev–Trinajstić information content (AvgIpc) is 2.89. The topological polar surface area (TPSA) is 113 Å². The zero-order chi connectivity index (χ0) is 20.7. The Balaban J connectivity index is 1.65. The van der Waals surface area contributed by atoms with Crippen LogP contribution in [0.25, 0.3) is 0 Å². The van der Waals surface area contributed by atoms with E-state index in [1.54, 1.807) is 38.1 Å². The minimum atomic E-state index is -1.44. The molecule has 0 saturated heterocycles. The lowest BCUT2D eigenvalue weighted by Crippen LogP contribution is -2.76. The Hall–Kier alpha value is -2.74. The Morgan fingerprint density at radius 3 is 2.25 bits per heavy atom. The molecule has 1 fully saturated rings. The molecule has 8 heteroatoms. The lowest BCUT2D eigenvalue weighted by molar-refractivity contribution is -0.194. The number of hydrogen-bond acceptors (Lipinski definition) is 5. The van der Waals surface area contributed by atoms with Gasteiger partial charge in [0.1, 0.15) is 5.54 Å². The van der Waals surface area contributed by atoms with Crippen molar-refractivity contribution < 1.29 is 29.0 Å². The van der Waals surface area contributed by atoms with E-state index in [9.17, 15) is 24.3 Å². The number of hydrogen-bond donors (Lipinski definition) is 2. The van der Waals surface area contributed by atoms with Crippen molar-refractivity contribution in [3.05, 3.63) is 35.4 Å². The van der Waals surface area contributed by atoms with Gasteiger partial charge in [0, 0.05) is 31.4 Å². The second-order valence-electron chi connectivity index (χ2n) is 7.69. The molecule has 1 aromatic rings. The summed E-state index contributed by atoms with van der Waals surface area (Å²) in [5.74, 6) is -2.53. The fraction of sp³-hybridized carbons (Fsp3) is 0.500. The number of carboxylic acids is 1. The SMILES string of the molecule is CCOC1CC(NC(=O)CCN2C(=O)c3ccccc3C2=O)(C(=O)O)C1(C)C. The van der Waals surface area contributed by atoms with Crippen LogP contribution in [0.3, 0.4) is 0 Å². The summed E-state index contributed by atoms with van der Waals surface area (Å²) in [6.07, 6.45) is -0.275. The number of imide groups is 1. The third kappa shape index (κ3) is 2.88. The minimum absolute atomic E-state index is 0.108. The van der Waals surface area contributed by atoms with Crippen LogP contribution >= 0.6 is 0 Å². The molecular weight excluding hydrogens is 364 g/mol. The number of benzene rings is 1. The van der Waals surface area contributed by atoms with Gasteiger partial charge >= 0.3 is 5.97 Å². The van der Waals surface area contributed by atoms with E-state index in [0.717, 1.165) is 4.90 Å². The zero-order valence-electron chi connectivity index (χ0n) is 16.2. The molecule has 8 nitrogen and oxygen atoms in total. The molecule has 1 aliphatic carbocycles. The maximum atomic E-state index is 12.5. The number of fused-ring (bicyclic) bond motifs is 1. The highest BCUT2D eigenvalue weighted by Gasteiger charge is 2.66. The van der Waals surface area contributed by atoms with Gasteiger partial charge in [-0.25, -0.2) is 4.79 Å². The van der Waals surface area contributed by atoms with Crippen LogP contribution in [0.1, 0.15) is 54.3 Å². The van der Waals surface area contributed by atoms with Crippen LogP contribution < -0.4 is 5.32 Å². The van der Waals surface area contributed by atoms with Gasteiger partial charge in [0.05, 0.1) is 17.2 Å². The summed E-state index contributed by atoms with van der Waals surface area (Å²) in [7, 11) is 0. The number of nitrogens with zero attached hydrogens (tertiary/aromatic N) is 1. The van der Waals surface area contributed by atoms with Gasteiger partial charge in [0.25, 0.3) is 11.8 Å². The lowest BCUT2D eigenvalue weighted by atomic mass is 9.54. The first-order valence-corrected chi connectivity index (χ1v) is 9.27. The van der Waals surface area contributed by atoms with Gasteiger partial charge in [-0.1, -0.05) is 26.0 Å². The van der Waals surface area contributed by atoms with Crippen molar-refractivity contribution in [2.75, 3.05) is 13.2 Å². The monoisotopic (exact) mass is 388 g/mol. The normalized spacial score (nSPS) is 25.2. The molecule has 150 valence electrons. The molecule has 0 spiro atoms. The molecule has 2 N–H and O–H groups in total. The fourth-order valence-corrected chi connectivity index (χ4v) is 3.99. The number of carbonyl (C=O) groups excluding carboxylic acids is 3. The molecule has 1 saturated carbocycles. The van der Waals surface area contributed by atoms with Gasteiger partial charge in [0.15, 0.2) is 0 Å². The van der Waals surface area contributed by atoms with Crippen molar-refractivity contribution in [3.8, 4) is 0 Å². The molecule has 3 amide bonds. The van der Waals surface area contributed by atoms with Crippen molar-refractivity contribution in [2.24, 2.45) is 5.41 Å². The smallest absolute Gasteiger partial charge is 0.330 e. The summed E-state index contributed by atoms with van der Waals surface area (Å²) < 4.78 is 5.57. The number of ether oxygens (including phenoxy) is 1. The molecule has 1 aliphatic heterocycles. The van der Waals surface area contributed by atoms with E-state index in [4.69, 9.17) is 4.74 Å². The van der Waals surface area contributed by atoms with Crippen molar-refractivity contribution in [2.45, 2.75) is 45.3 Å². The van der Waals surface area contributed by atoms with Crippen LogP contribution in [-0.2, 0) is 14.3 Å². The highest BCUT2D eigenvalue weighted by Crippen LogP contribution is 2.51. The maximum Gasteiger partial charge on any atom is 0.330 e. The van der Waals surface area contributed by atoms with Gasteiger partial charge in [-0.3, -0.25) is 19.3 Å². The molecule has 2 aliphatic rings. The molecule has 0 bridgehead atoms. The van der Waals surface area contributed by atoms with E-state index >= 15 is 0 Å². The minimum Gasteiger partial charge on any atom is -0.479 e. The summed E-state index contributed by atoms with van der Waals surface area (Å²) in [4.78, 5) is 50.2. The molecule has 2 atom stereocenters. The average molecular weight is 388 g/mol. The fourth-order valence-electron chi connectivity index (χ4n) is 3.99. The van der Waals surface area contributed by atoms with Crippen molar-refractivity contribution in [1.29, 1.82) is 0 Å². The third-order valence-electron chi connectivity index (χ3n) is 5.92. The van der Waals surface area contributed by atoms with Crippen LogP contribution in [0.4, 0.5) is 0 Å². The second-order valence-corrected chi connectivity index (χ2v) is 7.69. The lowest BCUT2D eigenvalue weighted by Gasteiger charge is -2.58. The summed E-state index contributed by atoms with van der Waals surface area (Å²) in [6, 6.07) is 6.48. The van der Waals surface area contributed by atoms with E-state index in [-0.39, 0.29) is 25.5 Å². The Labute approximate surface area is 162 Å². The van der Waals surface area contributed by atoms with E-state index in [1.807, 2.05) is 6.92 Å². The van der Waals surface area contributed by atoms with Crippen LogP contribution in [0.15, 0.2) is 24.3 Å². The van der Waals surface area contributed by atoms with Crippen molar-refractivity contribution in [1.82, 2.24) is 10.2 Å². The Morgan fingerprint density at radius 1 is 1.21 bits per heavy atom. The highest BCUT2D eigenvalue weighted by atomic mass is 16.5. The molecule has 2 unspecified atom stereocenters. The largest absolute Gasteiger partial charge is 0.479 e. The van der Waals surface area contributed by atoms with Crippen LogP contribution in [-0.4, -0.2) is 58.5 Å². The predicted octanol–water partition coefficient (Wildman–Crippen LogP) is 1.45. The highest BCUT2D eigenvalue weighted by molar-refractivity contribution is 6.21. The van der Waals surface area contributed by atoms with E-state index in [0.29, 0.717) is 17.7 Å². The number of amides is 3. The first-order chi connectivity index (χ1) is 13.2. The molecule has 3 rings (SSSR count). The zero-order valence-corrected chi connectivity index (χ0v) is 16.2. The Morgan fingerprint density at radius 2 is 1.79 bits per heavy atom. The molecule has 0 radical (unpaired) electrons. The van der Waals surface area contributed by atoms with Crippen LogP contribution in [0, 0.1) is 5.41 Å². The number of nitrogens with one attached hydrogen (secondary N) is 1. The number of carbonyl (C=O) groups is 4. The number of rotatable bonds is 7. The summed E-state index contributed by atoms with van der Waals surface area (Å²) in [5, 5.41) is 12.4. The van der Waals surface area contributed by atoms with Crippen LogP contribution in [0.5, 0.6) is 0 Å². The molecule has 0 aromatic heterocycles. The maximum absolute atomic E-state index is 12.5. The quantitative estimate of drug-likeness (QED) is 0.684. The van der Waals surface area contributed by atoms with Gasteiger partial charge in [0.2, 0.25) is 5.91 Å². The number of carboxylic acid groups (broad SMARTS) is 1. The van der Waals surface area contributed by atoms with E-state index < -0.39 is 34.6 Å². The summed E-state index contributed by atoms with van der Waals surface area (Å²) in [5.41, 5.74) is -1.60. The first-order valence-electron chi connectivity index (χ1n) is 9.27. The predicted molar refractivity (Wildman–Crippen MR) is 98.7 cm³/mol. The Kier molecular flexibility index (Phi) is 5.01. The Bertz CT molecular complexity index is 814. The third-order valence-corrected chi connectivity index (χ3v) is 5.92. The van der Waals surface area contributed by atoms with Gasteiger partial charge in [-0.2, -0.15) is 0 Å². The van der Waals surface area contributed by atoms with E-state index in [2.05, 4.69) is 5.32 Å². The van der Waals surface area contributed by atoms with Gasteiger partial charge in [-0.05, 0) is 19.1 Å². The molecular formula is C20H24N2O6. The first kappa shape index (κ1) is 20.0. The summed E-state index contributed by atoms with van der Waals surface area (Å²) in [6.45, 7) is 5.67. The van der Waals surface area contributed by atoms with Gasteiger partial charge in [-0.15, -0.1) is 0 Å². The van der Waals surface area contributed by atoms with Crippen molar-refractivity contribution >= 4 is 23.7 Å². The summed E-state index contributed by atoms with van der Waals surface area (Å²) >= 11 is 0. The second kappa shape index (κ2) is 7.01.